The first kappa shape index (κ1) is 18.1. The molecule has 0 aliphatic rings. The Morgan fingerprint density at radius 3 is 2.88 bits per heavy atom. The normalized spacial score (nSPS) is 10.7. The summed E-state index contributed by atoms with van der Waals surface area (Å²) in [5.41, 5.74) is 1.85. The van der Waals surface area contributed by atoms with Crippen molar-refractivity contribution >= 4 is 23.4 Å². The summed E-state index contributed by atoms with van der Waals surface area (Å²) in [7, 11) is 0. The van der Waals surface area contributed by atoms with Crippen LogP contribution in [-0.4, -0.2) is 22.3 Å². The highest BCUT2D eigenvalue weighted by Gasteiger charge is 2.12. The summed E-state index contributed by atoms with van der Waals surface area (Å²) in [6.45, 7) is 1.69. The highest BCUT2D eigenvalue weighted by molar-refractivity contribution is 7.98. The average Bonchev–Trinajstić information content (AvgIpc) is 3.11. The molecule has 5 nitrogen and oxygen atoms in total. The van der Waals surface area contributed by atoms with Gasteiger partial charge in [0, 0.05) is 29.0 Å². The minimum Gasteiger partial charge on any atom is -0.339 e. The van der Waals surface area contributed by atoms with Gasteiger partial charge in [-0.1, -0.05) is 23.4 Å². The zero-order chi connectivity index (χ0) is 18.5. The number of rotatable bonds is 6. The monoisotopic (exact) mass is 371 g/mol. The third-order valence-corrected chi connectivity index (χ3v) is 4.54. The van der Waals surface area contributed by atoms with Crippen molar-refractivity contribution in [1.29, 1.82) is 0 Å². The first-order valence-electron chi connectivity index (χ1n) is 8.08. The molecule has 134 valence electrons. The molecule has 3 rings (SSSR count). The molecule has 0 saturated heterocycles. The molecule has 1 heterocycles. The number of thioether (sulfide) groups is 1. The second-order valence-corrected chi connectivity index (χ2v) is 6.64. The summed E-state index contributed by atoms with van der Waals surface area (Å²) < 4.78 is 18.8. The number of amides is 1. The van der Waals surface area contributed by atoms with E-state index in [0.717, 1.165) is 10.6 Å². The van der Waals surface area contributed by atoms with E-state index in [2.05, 4.69) is 15.5 Å². The minimum absolute atomic E-state index is 0.135. The van der Waals surface area contributed by atoms with Gasteiger partial charge < -0.3 is 9.84 Å². The van der Waals surface area contributed by atoms with Crippen molar-refractivity contribution in [3.63, 3.8) is 0 Å². The van der Waals surface area contributed by atoms with E-state index in [1.807, 2.05) is 30.5 Å². The number of halogens is 1. The van der Waals surface area contributed by atoms with Gasteiger partial charge in [0.25, 0.3) is 0 Å². The predicted octanol–water partition coefficient (Wildman–Crippen LogP) is 4.48. The lowest BCUT2D eigenvalue weighted by atomic mass is 10.1. The van der Waals surface area contributed by atoms with Crippen LogP contribution in [0.3, 0.4) is 0 Å². The van der Waals surface area contributed by atoms with Crippen LogP contribution in [0.4, 0.5) is 10.1 Å². The van der Waals surface area contributed by atoms with Crippen LogP contribution in [0.15, 0.2) is 51.9 Å². The lowest BCUT2D eigenvalue weighted by Gasteiger charge is -2.05. The third kappa shape index (κ3) is 4.49. The highest BCUT2D eigenvalue weighted by atomic mass is 32.2. The second kappa shape index (κ2) is 8.14. The molecular formula is C19H18FN3O2S. The Bertz CT molecular complexity index is 927. The molecule has 0 fully saturated rings. The molecule has 2 aromatic carbocycles. The molecule has 0 spiro atoms. The molecule has 7 heteroatoms. The number of benzene rings is 2. The number of anilines is 1. The van der Waals surface area contributed by atoms with E-state index in [4.69, 9.17) is 4.52 Å². The van der Waals surface area contributed by atoms with Crippen molar-refractivity contribution < 1.29 is 13.7 Å². The number of nitrogens with zero attached hydrogens (tertiary/aromatic N) is 2. The van der Waals surface area contributed by atoms with Gasteiger partial charge in [0.1, 0.15) is 5.82 Å². The molecule has 0 bridgehead atoms. The standard InChI is InChI=1S/C19H18FN3O2S/c1-12-6-7-13(10-16(12)20)19-22-18(25-23-19)9-8-17(24)21-14-4-3-5-15(11-14)26-2/h3-7,10-11H,8-9H2,1-2H3,(H,21,24). The number of hydrogen-bond acceptors (Lipinski definition) is 5. The van der Waals surface area contributed by atoms with Crippen LogP contribution < -0.4 is 5.32 Å². The zero-order valence-electron chi connectivity index (χ0n) is 14.5. The first-order chi connectivity index (χ1) is 12.5. The fraction of sp³-hybridized carbons (Fsp3) is 0.211. The topological polar surface area (TPSA) is 68.0 Å². The van der Waals surface area contributed by atoms with Gasteiger partial charge in [-0.3, -0.25) is 4.79 Å². The molecule has 1 N–H and O–H groups in total. The van der Waals surface area contributed by atoms with Crippen molar-refractivity contribution in [1.82, 2.24) is 10.1 Å². The van der Waals surface area contributed by atoms with Crippen LogP contribution in [0.25, 0.3) is 11.4 Å². The molecule has 0 aliphatic heterocycles. The van der Waals surface area contributed by atoms with E-state index in [0.29, 0.717) is 29.3 Å². The van der Waals surface area contributed by atoms with Crippen LogP contribution in [-0.2, 0) is 11.2 Å². The van der Waals surface area contributed by atoms with Crippen molar-refractivity contribution in [3.8, 4) is 11.4 Å². The number of aromatic nitrogens is 2. The summed E-state index contributed by atoms with van der Waals surface area (Å²) in [4.78, 5) is 17.4. The molecule has 0 aliphatic carbocycles. The maximum atomic E-state index is 13.6. The van der Waals surface area contributed by atoms with E-state index < -0.39 is 0 Å². The summed E-state index contributed by atoms with van der Waals surface area (Å²) in [6, 6.07) is 12.4. The van der Waals surface area contributed by atoms with Crippen molar-refractivity contribution in [3.05, 3.63) is 59.7 Å². The quantitative estimate of drug-likeness (QED) is 0.647. The Morgan fingerprint density at radius 1 is 1.27 bits per heavy atom. The van der Waals surface area contributed by atoms with E-state index in [9.17, 15) is 9.18 Å². The van der Waals surface area contributed by atoms with Gasteiger partial charge in [0.15, 0.2) is 0 Å². The summed E-state index contributed by atoms with van der Waals surface area (Å²) in [6.07, 6.45) is 2.51. The maximum absolute atomic E-state index is 13.6. The van der Waals surface area contributed by atoms with Gasteiger partial charge in [-0.25, -0.2) is 4.39 Å². The van der Waals surface area contributed by atoms with Crippen LogP contribution in [0.5, 0.6) is 0 Å². The summed E-state index contributed by atoms with van der Waals surface area (Å²) in [5, 5.41) is 6.70. The molecule has 0 radical (unpaired) electrons. The molecule has 3 aromatic rings. The Morgan fingerprint density at radius 2 is 2.12 bits per heavy atom. The van der Waals surface area contributed by atoms with Gasteiger partial charge in [-0.2, -0.15) is 4.98 Å². The first-order valence-corrected chi connectivity index (χ1v) is 9.30. The average molecular weight is 371 g/mol. The van der Waals surface area contributed by atoms with Crippen LogP contribution in [0.1, 0.15) is 17.9 Å². The highest BCUT2D eigenvalue weighted by Crippen LogP contribution is 2.20. The predicted molar refractivity (Wildman–Crippen MR) is 99.6 cm³/mol. The molecule has 0 saturated carbocycles. The smallest absolute Gasteiger partial charge is 0.227 e. The molecule has 1 aromatic heterocycles. The lowest BCUT2D eigenvalue weighted by molar-refractivity contribution is -0.116. The number of nitrogens with one attached hydrogen (secondary N) is 1. The third-order valence-electron chi connectivity index (χ3n) is 3.82. The summed E-state index contributed by atoms with van der Waals surface area (Å²) in [5.74, 6) is 0.200. The lowest BCUT2D eigenvalue weighted by Crippen LogP contribution is -2.12. The van der Waals surface area contributed by atoms with E-state index in [1.54, 1.807) is 30.8 Å². The maximum Gasteiger partial charge on any atom is 0.227 e. The number of carbonyl (C=O) groups excluding carboxylic acids is 1. The van der Waals surface area contributed by atoms with E-state index in [-0.39, 0.29) is 18.1 Å². The molecule has 0 unspecified atom stereocenters. The van der Waals surface area contributed by atoms with Gasteiger partial charge in [0.05, 0.1) is 0 Å². The number of aryl methyl sites for hydroxylation is 2. The Balaban J connectivity index is 1.59. The number of hydrogen-bond donors (Lipinski definition) is 1. The van der Waals surface area contributed by atoms with Gasteiger partial charge >= 0.3 is 0 Å². The molecular weight excluding hydrogens is 353 g/mol. The minimum atomic E-state index is -0.319. The number of carbonyl (C=O) groups is 1. The zero-order valence-corrected chi connectivity index (χ0v) is 15.3. The van der Waals surface area contributed by atoms with Crippen molar-refractivity contribution in [2.45, 2.75) is 24.7 Å². The van der Waals surface area contributed by atoms with Crippen LogP contribution >= 0.6 is 11.8 Å². The Hall–Kier alpha value is -2.67. The summed E-state index contributed by atoms with van der Waals surface area (Å²) >= 11 is 1.61. The largest absolute Gasteiger partial charge is 0.339 e. The van der Waals surface area contributed by atoms with E-state index in [1.165, 1.54) is 6.07 Å². The van der Waals surface area contributed by atoms with Crippen LogP contribution in [0, 0.1) is 12.7 Å². The van der Waals surface area contributed by atoms with Gasteiger partial charge in [0.2, 0.25) is 17.6 Å². The second-order valence-electron chi connectivity index (χ2n) is 5.76. The fourth-order valence-electron chi connectivity index (χ4n) is 2.35. The van der Waals surface area contributed by atoms with Crippen molar-refractivity contribution in [2.24, 2.45) is 0 Å². The Labute approximate surface area is 155 Å². The van der Waals surface area contributed by atoms with Crippen molar-refractivity contribution in [2.75, 3.05) is 11.6 Å². The SMILES string of the molecule is CSc1cccc(NC(=O)CCc2nc(-c3ccc(C)c(F)c3)no2)c1. The molecule has 1 amide bonds. The Kier molecular flexibility index (Phi) is 5.68. The van der Waals surface area contributed by atoms with Gasteiger partial charge in [-0.15, -0.1) is 11.8 Å². The van der Waals surface area contributed by atoms with Crippen LogP contribution in [0.2, 0.25) is 0 Å². The fourth-order valence-corrected chi connectivity index (χ4v) is 2.81. The molecule has 0 atom stereocenters. The van der Waals surface area contributed by atoms with Gasteiger partial charge in [-0.05, 0) is 43.0 Å². The molecule has 26 heavy (non-hydrogen) atoms. The van der Waals surface area contributed by atoms with E-state index >= 15 is 0 Å².